The van der Waals surface area contributed by atoms with Crippen LogP contribution in [0.2, 0.25) is 0 Å². The van der Waals surface area contributed by atoms with Crippen molar-refractivity contribution >= 4 is 34.6 Å². The Bertz CT molecular complexity index is 875. The summed E-state index contributed by atoms with van der Waals surface area (Å²) < 4.78 is 6.55. The minimum Gasteiger partial charge on any atom is -0.496 e. The van der Waals surface area contributed by atoms with Crippen molar-refractivity contribution in [1.82, 2.24) is 0 Å². The first kappa shape index (κ1) is 19.0. The molecule has 0 spiro atoms. The van der Waals surface area contributed by atoms with Crippen molar-refractivity contribution < 1.29 is 9.53 Å². The number of carbonyl (C=O) groups is 1. The fourth-order valence-corrected chi connectivity index (χ4v) is 3.58. The average Bonchev–Trinajstić information content (AvgIpc) is 2.53. The SMILES string of the molecule is COc1cc(/C=C(\C#N)C(N)=O)cc(I)c1Cc1cc(C)cc(C)c1. The van der Waals surface area contributed by atoms with Gasteiger partial charge in [-0.2, -0.15) is 5.26 Å². The molecule has 25 heavy (non-hydrogen) atoms. The second kappa shape index (κ2) is 8.17. The number of hydrogen-bond acceptors (Lipinski definition) is 3. The Hall–Kier alpha value is -2.33. The van der Waals surface area contributed by atoms with Gasteiger partial charge in [-0.25, -0.2) is 0 Å². The van der Waals surface area contributed by atoms with Crippen LogP contribution >= 0.6 is 22.6 Å². The molecule has 0 atom stereocenters. The number of hydrogen-bond donors (Lipinski definition) is 1. The highest BCUT2D eigenvalue weighted by molar-refractivity contribution is 14.1. The fraction of sp³-hybridized carbons (Fsp3) is 0.200. The predicted octanol–water partition coefficient (Wildman–Crippen LogP) is 3.90. The zero-order chi connectivity index (χ0) is 18.6. The van der Waals surface area contributed by atoms with E-state index in [-0.39, 0.29) is 5.57 Å². The number of halogens is 1. The van der Waals surface area contributed by atoms with E-state index in [1.165, 1.54) is 22.8 Å². The molecule has 0 bridgehead atoms. The van der Waals surface area contributed by atoms with Gasteiger partial charge in [-0.05, 0) is 65.8 Å². The summed E-state index contributed by atoms with van der Waals surface area (Å²) in [6, 6.07) is 12.0. The number of amides is 1. The maximum Gasteiger partial charge on any atom is 0.259 e. The number of nitriles is 1. The summed E-state index contributed by atoms with van der Waals surface area (Å²) in [6.45, 7) is 4.17. The Morgan fingerprint density at radius 3 is 2.40 bits per heavy atom. The van der Waals surface area contributed by atoms with Crippen molar-refractivity contribution in [3.05, 3.63) is 67.3 Å². The second-order valence-corrected chi connectivity index (χ2v) is 7.05. The number of methoxy groups -OCH3 is 1. The van der Waals surface area contributed by atoms with E-state index in [4.69, 9.17) is 15.7 Å². The van der Waals surface area contributed by atoms with Gasteiger partial charge in [0.25, 0.3) is 5.91 Å². The average molecular weight is 446 g/mol. The third-order valence-corrected chi connectivity index (χ3v) is 4.72. The van der Waals surface area contributed by atoms with Crippen LogP contribution in [-0.2, 0) is 11.2 Å². The topological polar surface area (TPSA) is 76.1 Å². The third-order valence-electron chi connectivity index (χ3n) is 3.76. The van der Waals surface area contributed by atoms with Crippen molar-refractivity contribution in [3.63, 3.8) is 0 Å². The van der Waals surface area contributed by atoms with Gasteiger partial charge in [0.1, 0.15) is 17.4 Å². The number of nitrogens with two attached hydrogens (primary N) is 1. The van der Waals surface area contributed by atoms with Crippen LogP contribution in [0.25, 0.3) is 6.08 Å². The number of aryl methyl sites for hydroxylation is 2. The summed E-state index contributed by atoms with van der Waals surface area (Å²) in [7, 11) is 1.61. The molecule has 0 unspecified atom stereocenters. The molecule has 2 N–H and O–H groups in total. The van der Waals surface area contributed by atoms with Crippen LogP contribution < -0.4 is 10.5 Å². The predicted molar refractivity (Wildman–Crippen MR) is 107 cm³/mol. The van der Waals surface area contributed by atoms with E-state index >= 15 is 0 Å². The molecular formula is C20H19IN2O2. The van der Waals surface area contributed by atoms with Crippen LogP contribution in [0.15, 0.2) is 35.9 Å². The first-order chi connectivity index (χ1) is 11.8. The number of ether oxygens (including phenoxy) is 1. The van der Waals surface area contributed by atoms with Crippen LogP contribution in [0, 0.1) is 28.7 Å². The highest BCUT2D eigenvalue weighted by Gasteiger charge is 2.12. The standard InChI is InChI=1S/C20H19IN2O2/c1-12-4-13(2)6-14(5-12)8-17-18(21)9-15(10-19(17)25-3)7-16(11-22)20(23)24/h4-7,9-10H,8H2,1-3H3,(H2,23,24)/b16-7+. The molecule has 4 nitrogen and oxygen atoms in total. The molecule has 0 fully saturated rings. The summed E-state index contributed by atoms with van der Waals surface area (Å²) in [4.78, 5) is 11.2. The Morgan fingerprint density at radius 2 is 1.88 bits per heavy atom. The Balaban J connectivity index is 2.47. The molecule has 5 heteroatoms. The number of carbonyl (C=O) groups excluding carboxylic acids is 1. The summed E-state index contributed by atoms with van der Waals surface area (Å²) in [5.41, 5.74) is 10.6. The molecule has 2 aromatic carbocycles. The molecule has 2 aromatic rings. The fourth-order valence-electron chi connectivity index (χ4n) is 2.77. The molecule has 128 valence electrons. The van der Waals surface area contributed by atoms with Crippen LogP contribution in [0.1, 0.15) is 27.8 Å². The summed E-state index contributed by atoms with van der Waals surface area (Å²) in [5, 5.41) is 9.00. The largest absolute Gasteiger partial charge is 0.496 e. The van der Waals surface area contributed by atoms with Gasteiger partial charge in [0, 0.05) is 15.6 Å². The number of rotatable bonds is 5. The van der Waals surface area contributed by atoms with E-state index in [2.05, 4.69) is 54.6 Å². The summed E-state index contributed by atoms with van der Waals surface area (Å²) in [6.07, 6.45) is 2.22. The second-order valence-electron chi connectivity index (χ2n) is 5.89. The van der Waals surface area contributed by atoms with E-state index < -0.39 is 5.91 Å². The summed E-state index contributed by atoms with van der Waals surface area (Å²) in [5.74, 6) is -0.0187. The number of primary amides is 1. The molecular weight excluding hydrogens is 427 g/mol. The number of nitrogens with zero attached hydrogens (tertiary/aromatic N) is 1. The molecule has 0 saturated carbocycles. The highest BCUT2D eigenvalue weighted by Crippen LogP contribution is 2.30. The normalized spacial score (nSPS) is 11.1. The molecule has 0 aliphatic heterocycles. The van der Waals surface area contributed by atoms with Crippen LogP contribution in [0.3, 0.4) is 0 Å². The quantitative estimate of drug-likeness (QED) is 0.430. The molecule has 0 radical (unpaired) electrons. The van der Waals surface area contributed by atoms with Crippen LogP contribution in [0.4, 0.5) is 0 Å². The smallest absolute Gasteiger partial charge is 0.259 e. The molecule has 0 heterocycles. The first-order valence-corrected chi connectivity index (χ1v) is 8.77. The van der Waals surface area contributed by atoms with Gasteiger partial charge in [0.2, 0.25) is 0 Å². The Labute approximate surface area is 161 Å². The Kier molecular flexibility index (Phi) is 6.21. The zero-order valence-corrected chi connectivity index (χ0v) is 16.5. The molecule has 0 aliphatic rings. The molecule has 0 aliphatic carbocycles. The third kappa shape index (κ3) is 4.83. The van der Waals surface area contributed by atoms with E-state index in [9.17, 15) is 4.79 Å². The minimum atomic E-state index is -0.740. The van der Waals surface area contributed by atoms with Gasteiger partial charge >= 0.3 is 0 Å². The van der Waals surface area contributed by atoms with Gasteiger partial charge in [-0.3, -0.25) is 4.79 Å². The van der Waals surface area contributed by atoms with Gasteiger partial charge in [0.05, 0.1) is 7.11 Å². The lowest BCUT2D eigenvalue weighted by Gasteiger charge is -2.13. The van der Waals surface area contributed by atoms with E-state index in [1.807, 2.05) is 18.2 Å². The molecule has 2 rings (SSSR count). The van der Waals surface area contributed by atoms with E-state index in [0.717, 1.165) is 21.3 Å². The van der Waals surface area contributed by atoms with Crippen LogP contribution in [-0.4, -0.2) is 13.0 Å². The maximum atomic E-state index is 11.2. The van der Waals surface area contributed by atoms with Crippen LogP contribution in [0.5, 0.6) is 5.75 Å². The van der Waals surface area contributed by atoms with Crippen molar-refractivity contribution in [2.45, 2.75) is 20.3 Å². The lowest BCUT2D eigenvalue weighted by Crippen LogP contribution is -2.12. The maximum absolute atomic E-state index is 11.2. The summed E-state index contributed by atoms with van der Waals surface area (Å²) >= 11 is 2.25. The van der Waals surface area contributed by atoms with Gasteiger partial charge < -0.3 is 10.5 Å². The molecule has 1 amide bonds. The highest BCUT2D eigenvalue weighted by atomic mass is 127. The van der Waals surface area contributed by atoms with Gasteiger partial charge in [-0.15, -0.1) is 0 Å². The van der Waals surface area contributed by atoms with Crippen molar-refractivity contribution in [2.75, 3.05) is 7.11 Å². The zero-order valence-electron chi connectivity index (χ0n) is 14.4. The van der Waals surface area contributed by atoms with Crippen molar-refractivity contribution in [1.29, 1.82) is 5.26 Å². The molecule has 0 saturated heterocycles. The minimum absolute atomic E-state index is 0.0834. The lowest BCUT2D eigenvalue weighted by atomic mass is 9.98. The van der Waals surface area contributed by atoms with Crippen molar-refractivity contribution in [2.24, 2.45) is 5.73 Å². The number of benzene rings is 2. The monoisotopic (exact) mass is 446 g/mol. The Morgan fingerprint density at radius 1 is 1.24 bits per heavy atom. The lowest BCUT2D eigenvalue weighted by molar-refractivity contribution is -0.114. The van der Waals surface area contributed by atoms with Gasteiger partial charge in [-0.1, -0.05) is 29.3 Å². The van der Waals surface area contributed by atoms with Crippen molar-refractivity contribution in [3.8, 4) is 11.8 Å². The van der Waals surface area contributed by atoms with Gasteiger partial charge in [0.15, 0.2) is 0 Å². The van der Waals surface area contributed by atoms with E-state index in [0.29, 0.717) is 5.56 Å². The van der Waals surface area contributed by atoms with E-state index in [1.54, 1.807) is 7.11 Å². The molecule has 0 aromatic heterocycles. The first-order valence-electron chi connectivity index (χ1n) is 7.69.